The van der Waals surface area contributed by atoms with E-state index in [9.17, 15) is 4.79 Å². The van der Waals surface area contributed by atoms with E-state index in [-0.39, 0.29) is 11.0 Å². The number of aryl methyl sites for hydroxylation is 2. The molecule has 0 bridgehead atoms. The van der Waals surface area contributed by atoms with Crippen LogP contribution in [0.2, 0.25) is 0 Å². The lowest BCUT2D eigenvalue weighted by Crippen LogP contribution is -2.26. The fraction of sp³-hybridized carbons (Fsp3) is 0.667. The lowest BCUT2D eigenvalue weighted by Gasteiger charge is -2.21. The maximum Gasteiger partial charge on any atom is 0.266 e. The van der Waals surface area contributed by atoms with Gasteiger partial charge in [-0.2, -0.15) is 5.10 Å². The molecule has 0 amide bonds. The average Bonchev–Trinajstić information content (AvgIpc) is 2.23. The highest BCUT2D eigenvalue weighted by Gasteiger charge is 2.14. The Labute approximate surface area is 96.5 Å². The first-order valence-corrected chi connectivity index (χ1v) is 5.69. The second kappa shape index (κ2) is 5.25. The normalized spacial score (nSPS) is 11.8. The van der Waals surface area contributed by atoms with Gasteiger partial charge in [-0.1, -0.05) is 13.8 Å². The summed E-state index contributed by atoms with van der Waals surface area (Å²) in [4.78, 5) is 11.5. The van der Waals surface area contributed by atoms with Crippen LogP contribution in [0.25, 0.3) is 0 Å². The van der Waals surface area contributed by atoms with Crippen LogP contribution >= 0.6 is 0 Å². The highest BCUT2D eigenvalue weighted by molar-refractivity contribution is 4.96. The molecule has 1 rings (SSSR count). The summed E-state index contributed by atoms with van der Waals surface area (Å²) in [6.45, 7) is 7.51. The van der Waals surface area contributed by atoms with Crippen molar-refractivity contribution in [3.63, 3.8) is 0 Å². The lowest BCUT2D eigenvalue weighted by molar-refractivity contribution is 0.322. The van der Waals surface area contributed by atoms with Crippen LogP contribution in [0.3, 0.4) is 0 Å². The Morgan fingerprint density at radius 2 is 2.12 bits per heavy atom. The Hall–Kier alpha value is -1.16. The summed E-state index contributed by atoms with van der Waals surface area (Å²) in [7, 11) is 0. The van der Waals surface area contributed by atoms with Gasteiger partial charge in [-0.15, -0.1) is 0 Å². The van der Waals surface area contributed by atoms with E-state index < -0.39 is 0 Å². The van der Waals surface area contributed by atoms with Crippen molar-refractivity contribution in [2.45, 2.75) is 40.2 Å². The Morgan fingerprint density at radius 3 is 2.75 bits per heavy atom. The molecule has 90 valence electrons. The van der Waals surface area contributed by atoms with Gasteiger partial charge in [-0.25, -0.2) is 4.68 Å². The summed E-state index contributed by atoms with van der Waals surface area (Å²) in [5.74, 6) is 0. The largest absolute Gasteiger partial charge is 0.330 e. The molecule has 2 N–H and O–H groups in total. The maximum atomic E-state index is 11.5. The van der Waals surface area contributed by atoms with Gasteiger partial charge in [-0.3, -0.25) is 4.79 Å². The minimum Gasteiger partial charge on any atom is -0.330 e. The standard InChI is InChI=1S/C12H21N3O/c1-10-5-6-11(16)15(14-10)8-4-7-12(2,3)9-13/h5-6H,4,7-9,13H2,1-3H3. The van der Waals surface area contributed by atoms with Crippen molar-refractivity contribution in [3.05, 3.63) is 28.2 Å². The second-order valence-electron chi connectivity index (χ2n) is 5.01. The van der Waals surface area contributed by atoms with E-state index >= 15 is 0 Å². The molecule has 0 fully saturated rings. The number of hydrogen-bond donors (Lipinski definition) is 1. The predicted octanol–water partition coefficient (Wildman–Crippen LogP) is 1.32. The van der Waals surface area contributed by atoms with Gasteiger partial charge in [0.1, 0.15) is 0 Å². The highest BCUT2D eigenvalue weighted by atomic mass is 16.1. The molecule has 0 aliphatic carbocycles. The third-order valence-electron chi connectivity index (χ3n) is 2.78. The number of nitrogens with two attached hydrogens (primary N) is 1. The molecule has 0 atom stereocenters. The van der Waals surface area contributed by atoms with Crippen molar-refractivity contribution in [2.75, 3.05) is 6.54 Å². The first-order valence-electron chi connectivity index (χ1n) is 5.69. The Morgan fingerprint density at radius 1 is 1.44 bits per heavy atom. The highest BCUT2D eigenvalue weighted by Crippen LogP contribution is 2.20. The van der Waals surface area contributed by atoms with E-state index in [1.54, 1.807) is 12.1 Å². The molecule has 0 aromatic carbocycles. The molecule has 4 nitrogen and oxygen atoms in total. The van der Waals surface area contributed by atoms with E-state index in [1.165, 1.54) is 4.68 Å². The van der Waals surface area contributed by atoms with Gasteiger partial charge in [0, 0.05) is 12.6 Å². The molecule has 0 spiro atoms. The topological polar surface area (TPSA) is 60.9 Å². The molecule has 4 heteroatoms. The zero-order chi connectivity index (χ0) is 12.2. The minimum atomic E-state index is -0.0313. The van der Waals surface area contributed by atoms with Crippen LogP contribution in [-0.2, 0) is 6.54 Å². The van der Waals surface area contributed by atoms with Crippen LogP contribution < -0.4 is 11.3 Å². The Balaban J connectivity index is 2.55. The molecule has 0 saturated heterocycles. The van der Waals surface area contributed by atoms with Crippen LogP contribution in [0.4, 0.5) is 0 Å². The fourth-order valence-corrected chi connectivity index (χ4v) is 1.52. The summed E-state index contributed by atoms with van der Waals surface area (Å²) in [6, 6.07) is 3.30. The number of hydrogen-bond acceptors (Lipinski definition) is 3. The van der Waals surface area contributed by atoms with E-state index in [0.717, 1.165) is 18.5 Å². The smallest absolute Gasteiger partial charge is 0.266 e. The zero-order valence-corrected chi connectivity index (χ0v) is 10.4. The Kier molecular flexibility index (Phi) is 4.24. The van der Waals surface area contributed by atoms with Crippen molar-refractivity contribution in [2.24, 2.45) is 11.1 Å². The SMILES string of the molecule is Cc1ccc(=O)n(CCCC(C)(C)CN)n1. The molecule has 0 unspecified atom stereocenters. The van der Waals surface area contributed by atoms with Crippen molar-refractivity contribution in [1.82, 2.24) is 9.78 Å². The lowest BCUT2D eigenvalue weighted by atomic mass is 9.88. The number of aromatic nitrogens is 2. The molecular formula is C12H21N3O. The first-order chi connectivity index (χ1) is 7.44. The second-order valence-corrected chi connectivity index (χ2v) is 5.01. The minimum absolute atomic E-state index is 0.0313. The van der Waals surface area contributed by atoms with E-state index in [0.29, 0.717) is 13.1 Å². The number of nitrogens with zero attached hydrogens (tertiary/aromatic N) is 2. The van der Waals surface area contributed by atoms with Gasteiger partial charge in [0.2, 0.25) is 0 Å². The van der Waals surface area contributed by atoms with Crippen molar-refractivity contribution < 1.29 is 0 Å². The van der Waals surface area contributed by atoms with Crippen molar-refractivity contribution in [1.29, 1.82) is 0 Å². The maximum absolute atomic E-state index is 11.5. The molecule has 1 heterocycles. The fourth-order valence-electron chi connectivity index (χ4n) is 1.52. The average molecular weight is 223 g/mol. The third kappa shape index (κ3) is 3.77. The molecule has 0 radical (unpaired) electrons. The Bertz CT molecular complexity index is 395. The predicted molar refractivity (Wildman–Crippen MR) is 65.3 cm³/mol. The third-order valence-corrected chi connectivity index (χ3v) is 2.78. The van der Waals surface area contributed by atoms with Gasteiger partial charge < -0.3 is 5.73 Å². The van der Waals surface area contributed by atoms with Gasteiger partial charge >= 0.3 is 0 Å². The van der Waals surface area contributed by atoms with Crippen LogP contribution in [0, 0.1) is 12.3 Å². The molecule has 1 aromatic rings. The van der Waals surface area contributed by atoms with Gasteiger partial charge in [0.25, 0.3) is 5.56 Å². The van der Waals surface area contributed by atoms with Gasteiger partial charge in [0.05, 0.1) is 5.69 Å². The van der Waals surface area contributed by atoms with E-state index in [1.807, 2.05) is 6.92 Å². The van der Waals surface area contributed by atoms with Gasteiger partial charge in [-0.05, 0) is 37.8 Å². The van der Waals surface area contributed by atoms with Crippen LogP contribution in [0.5, 0.6) is 0 Å². The molecule has 0 aliphatic heterocycles. The monoisotopic (exact) mass is 223 g/mol. The molecule has 0 aliphatic rings. The van der Waals surface area contributed by atoms with Gasteiger partial charge in [0.15, 0.2) is 0 Å². The van der Waals surface area contributed by atoms with Crippen LogP contribution in [0.1, 0.15) is 32.4 Å². The molecule has 16 heavy (non-hydrogen) atoms. The summed E-state index contributed by atoms with van der Waals surface area (Å²) in [5, 5.41) is 4.19. The molecular weight excluding hydrogens is 202 g/mol. The summed E-state index contributed by atoms with van der Waals surface area (Å²) in [6.07, 6.45) is 1.94. The molecule has 0 saturated carbocycles. The summed E-state index contributed by atoms with van der Waals surface area (Å²) < 4.78 is 1.53. The molecule has 1 aromatic heterocycles. The number of rotatable bonds is 5. The quantitative estimate of drug-likeness (QED) is 0.819. The van der Waals surface area contributed by atoms with Crippen LogP contribution in [0.15, 0.2) is 16.9 Å². The van der Waals surface area contributed by atoms with E-state index in [2.05, 4.69) is 18.9 Å². The summed E-state index contributed by atoms with van der Waals surface area (Å²) >= 11 is 0. The first kappa shape index (κ1) is 12.9. The van der Waals surface area contributed by atoms with Crippen LogP contribution in [-0.4, -0.2) is 16.3 Å². The van der Waals surface area contributed by atoms with E-state index in [4.69, 9.17) is 5.73 Å². The van der Waals surface area contributed by atoms with Crippen molar-refractivity contribution >= 4 is 0 Å². The van der Waals surface area contributed by atoms with Crippen molar-refractivity contribution in [3.8, 4) is 0 Å². The zero-order valence-electron chi connectivity index (χ0n) is 10.4. The summed E-state index contributed by atoms with van der Waals surface area (Å²) in [5.41, 5.74) is 6.64.